The van der Waals surface area contributed by atoms with Crippen molar-refractivity contribution in [2.24, 2.45) is 0 Å². The van der Waals surface area contributed by atoms with Gasteiger partial charge in [0.05, 0.1) is 106 Å². The van der Waals surface area contributed by atoms with Crippen molar-refractivity contribution >= 4 is 98.5 Å². The summed E-state index contributed by atoms with van der Waals surface area (Å²) < 4.78 is 7.22. The molecule has 676 valence electrons. The second kappa shape index (κ2) is 33.9. The van der Waals surface area contributed by atoms with E-state index in [0.717, 1.165) is 129 Å². The smallest absolute Gasteiger partial charge is 0.0973 e. The molecule has 6 heterocycles. The lowest BCUT2D eigenvalue weighted by molar-refractivity contribution is 0.661. The second-order valence-corrected chi connectivity index (χ2v) is 38.6. The summed E-state index contributed by atoms with van der Waals surface area (Å²) in [5.74, 6) is 0. The summed E-state index contributed by atoms with van der Waals surface area (Å²) >= 11 is 0. The minimum absolute atomic E-state index is 0. The Hall–Kier alpha value is -18.2. The van der Waals surface area contributed by atoms with Crippen LogP contribution in [0.25, 0.3) is 217 Å². The van der Waals surface area contributed by atoms with Crippen molar-refractivity contribution in [1.82, 2.24) is 43.6 Å². The van der Waals surface area contributed by atoms with E-state index in [4.69, 9.17) is 29.9 Å². The zero-order valence-corrected chi connectivity index (χ0v) is 78.6. The van der Waals surface area contributed by atoms with Gasteiger partial charge in [0, 0.05) is 93.6 Å². The molecule has 29 rings (SSSR count). The highest BCUT2D eigenvalue weighted by Crippen LogP contribution is 2.59. The van der Waals surface area contributed by atoms with Gasteiger partial charge in [0.1, 0.15) is 0 Å². The minimum Gasteiger partial charge on any atom is -0.309 e. The summed E-state index contributed by atoms with van der Waals surface area (Å²) in [6.45, 7) is 9.38. The van der Waals surface area contributed by atoms with Crippen LogP contribution < -0.4 is 0 Å². The number of rotatable bonds is 11. The number of hydrogen-bond acceptors (Lipinski definition) is 6. The van der Waals surface area contributed by atoms with Crippen LogP contribution in [-0.4, -0.2) is 43.6 Å². The Morgan fingerprint density at radius 2 is 0.413 bits per heavy atom. The van der Waals surface area contributed by atoms with E-state index in [1.54, 1.807) is 0 Å². The summed E-state index contributed by atoms with van der Waals surface area (Å²) in [6, 6.07) is 171. The molecule has 0 fully saturated rings. The first-order valence-electron chi connectivity index (χ1n) is 48.9. The number of aromatic nitrogens is 9. The average Bonchev–Trinajstić information content (AvgIpc) is 1.53. The highest BCUT2D eigenvalue weighted by atomic mass is 15.0. The van der Waals surface area contributed by atoms with Crippen LogP contribution in [0, 0.1) is 0 Å². The van der Waals surface area contributed by atoms with Crippen molar-refractivity contribution in [2.45, 2.75) is 51.4 Å². The van der Waals surface area contributed by atoms with Gasteiger partial charge in [0.2, 0.25) is 0 Å². The Kier molecular flexibility index (Phi) is 20.2. The SMILES string of the molecule is C.CC1(C)c2ccccc2-c2cc3c(cc21)c1ccccc1n3-c1ccc2nc(-c3ccccc3)c(-c3ccccc3)nc2c1.CC1(C)c2ccccc2-c2cc3c4ccccc4n(-c4ccc5nc(-c6ccccc6)c(-c6ccccc6)nc5c4)c3cc21.c1ccc(-c2nc3ccc(-n4c5ccccc5c5cc6c(cc54)C(c4ccccc4)(c4ccccc4)c4ccccc4-6)cc3nc2-c2ccccc2)cc1. The van der Waals surface area contributed by atoms with Crippen LogP contribution >= 0.6 is 0 Å². The molecule has 0 amide bonds. The van der Waals surface area contributed by atoms with Crippen molar-refractivity contribution in [1.29, 1.82) is 0 Å². The Morgan fingerprint density at radius 3 is 0.755 bits per heavy atom. The standard InChI is InChI=1S/C51H33N3.2C41H29N3.CH4/c1-5-17-34(18-6-1)49-50(35-19-7-2-8-20-35)53-46-31-38(29-30-45(46)52-49)54-47-28-16-14-26-40(47)42-32-41-39-25-13-15-27-43(39)51(44(41)33-48(42)54,36-21-9-3-10-22-36)37-23-11-4-12-24-37;1-41(2)33-19-11-9-17-29(33)31-25-38-32(24-34(31)41)30-18-10-12-20-37(30)44(38)28-21-22-35-36(23-28)43-40(27-15-7-4-8-16-27)39(42-35)26-13-5-3-6-14-26;1-41(2)33-19-11-9-17-29(33)31-24-32-30-18-10-12-20-37(30)44(38(32)25-34(31)41)28-21-22-35-36(23-28)43-40(27-15-7-4-8-16-27)39(42-35)26-13-5-3-6-14-26;/h1-33H;2*3-25H,1-2H3;1H4. The number of hydrogen-bond donors (Lipinski definition) is 0. The molecule has 0 unspecified atom stereocenters. The van der Waals surface area contributed by atoms with Gasteiger partial charge >= 0.3 is 0 Å². The largest absolute Gasteiger partial charge is 0.309 e. The normalized spacial score (nSPS) is 13.1. The molecule has 9 nitrogen and oxygen atoms in total. The molecule has 9 heteroatoms. The van der Waals surface area contributed by atoms with E-state index < -0.39 is 5.41 Å². The first-order chi connectivity index (χ1) is 69.9. The first-order valence-corrected chi connectivity index (χ1v) is 48.9. The van der Waals surface area contributed by atoms with E-state index in [1.807, 2.05) is 36.4 Å². The van der Waals surface area contributed by atoms with Gasteiger partial charge in [-0.25, -0.2) is 29.9 Å². The fraction of sp³-hybridized carbons (Fsp3) is 0.0597. The highest BCUT2D eigenvalue weighted by Gasteiger charge is 2.47. The fourth-order valence-electron chi connectivity index (χ4n) is 23.4. The summed E-state index contributed by atoms with van der Waals surface area (Å²) in [4.78, 5) is 31.6. The molecule has 0 N–H and O–H groups in total. The Morgan fingerprint density at radius 1 is 0.168 bits per heavy atom. The van der Waals surface area contributed by atoms with Crippen molar-refractivity contribution in [3.63, 3.8) is 0 Å². The minimum atomic E-state index is -0.489. The number of benzene rings is 20. The van der Waals surface area contributed by atoms with Crippen LogP contribution in [0.5, 0.6) is 0 Å². The van der Waals surface area contributed by atoms with Gasteiger partial charge < -0.3 is 13.7 Å². The topological polar surface area (TPSA) is 92.1 Å². The molecular formula is C134H95N9. The maximum absolute atomic E-state index is 5.36. The molecule has 0 atom stereocenters. The van der Waals surface area contributed by atoms with E-state index in [9.17, 15) is 0 Å². The molecule has 143 heavy (non-hydrogen) atoms. The maximum Gasteiger partial charge on any atom is 0.0973 e. The predicted molar refractivity (Wildman–Crippen MR) is 593 cm³/mol. The molecule has 0 radical (unpaired) electrons. The summed E-state index contributed by atoms with van der Waals surface area (Å²) in [7, 11) is 0. The summed E-state index contributed by atoms with van der Waals surface area (Å²) in [5, 5.41) is 7.50. The van der Waals surface area contributed by atoms with E-state index in [1.165, 1.54) is 132 Å². The van der Waals surface area contributed by atoms with Gasteiger partial charge in [-0.1, -0.05) is 405 Å². The number of nitrogens with zero attached hydrogens (tertiary/aromatic N) is 9. The number of para-hydroxylation sites is 3. The molecule has 0 spiro atoms. The van der Waals surface area contributed by atoms with Crippen molar-refractivity contribution in [2.75, 3.05) is 0 Å². The van der Waals surface area contributed by atoms with E-state index in [2.05, 4.69) is 484 Å². The van der Waals surface area contributed by atoms with Gasteiger partial charge in [-0.15, -0.1) is 0 Å². The van der Waals surface area contributed by atoms with Gasteiger partial charge in [0.15, 0.2) is 0 Å². The van der Waals surface area contributed by atoms with Crippen molar-refractivity contribution in [3.05, 3.63) is 524 Å². The second-order valence-electron chi connectivity index (χ2n) is 38.6. The Bertz CT molecular complexity index is 9520. The highest BCUT2D eigenvalue weighted by molar-refractivity contribution is 6.15. The lowest BCUT2D eigenvalue weighted by atomic mass is 9.67. The van der Waals surface area contributed by atoms with E-state index in [0.29, 0.717) is 0 Å². The Balaban J connectivity index is 0.000000110. The lowest BCUT2D eigenvalue weighted by Gasteiger charge is -2.34. The Labute approximate surface area is 829 Å². The van der Waals surface area contributed by atoms with Crippen LogP contribution in [-0.2, 0) is 16.2 Å². The molecule has 0 aliphatic heterocycles. The average molecular weight is 1830 g/mol. The van der Waals surface area contributed by atoms with Crippen LogP contribution in [0.3, 0.4) is 0 Å². The van der Waals surface area contributed by atoms with E-state index >= 15 is 0 Å². The van der Waals surface area contributed by atoms with E-state index in [-0.39, 0.29) is 18.3 Å². The zero-order valence-electron chi connectivity index (χ0n) is 78.6. The van der Waals surface area contributed by atoms with Gasteiger partial charge in [-0.3, -0.25) is 0 Å². The molecule has 3 aliphatic carbocycles. The van der Waals surface area contributed by atoms with Crippen LogP contribution in [0.4, 0.5) is 0 Å². The number of fused-ring (bicyclic) bond motifs is 21. The zero-order chi connectivity index (χ0) is 94.5. The molecule has 0 saturated carbocycles. The van der Waals surface area contributed by atoms with Gasteiger partial charge in [-0.2, -0.15) is 0 Å². The quantitative estimate of drug-likeness (QED) is 0.128. The molecular weight excluding hydrogens is 1740 g/mol. The third kappa shape index (κ3) is 13.7. The van der Waals surface area contributed by atoms with Crippen LogP contribution in [0.2, 0.25) is 0 Å². The van der Waals surface area contributed by atoms with Gasteiger partial charge in [0.25, 0.3) is 0 Å². The van der Waals surface area contributed by atoms with Gasteiger partial charge in [-0.05, 0) is 187 Å². The van der Waals surface area contributed by atoms with Crippen molar-refractivity contribution in [3.8, 4) is 118 Å². The third-order valence-corrected chi connectivity index (χ3v) is 30.0. The fourth-order valence-corrected chi connectivity index (χ4v) is 23.4. The molecule has 0 saturated heterocycles. The summed E-state index contributed by atoms with van der Waals surface area (Å²) in [5.41, 5.74) is 45.1. The van der Waals surface area contributed by atoms with Crippen LogP contribution in [0.15, 0.2) is 479 Å². The molecule has 0 bridgehead atoms. The maximum atomic E-state index is 5.36. The monoisotopic (exact) mass is 1830 g/mol. The predicted octanol–water partition coefficient (Wildman–Crippen LogP) is 33.8. The molecule has 26 aromatic rings. The molecule has 20 aromatic carbocycles. The van der Waals surface area contributed by atoms with Crippen LogP contribution in [0.1, 0.15) is 79.6 Å². The molecule has 3 aliphatic rings. The third-order valence-electron chi connectivity index (χ3n) is 30.0. The van der Waals surface area contributed by atoms with Crippen molar-refractivity contribution < 1.29 is 0 Å². The first kappa shape index (κ1) is 85.3. The summed E-state index contributed by atoms with van der Waals surface area (Å²) in [6.07, 6.45) is 0. The lowest BCUT2D eigenvalue weighted by Crippen LogP contribution is -2.28. The molecule has 6 aromatic heterocycles.